The Morgan fingerprint density at radius 2 is 1.53 bits per heavy atom. The summed E-state index contributed by atoms with van der Waals surface area (Å²) in [6.07, 6.45) is 8.95. The second kappa shape index (κ2) is 13.2. The molecule has 232 valence electrons. The average Bonchev–Trinajstić information content (AvgIpc) is 2.93. The molecule has 0 saturated heterocycles. The molecular formula is C39H52O4. The van der Waals surface area contributed by atoms with Crippen molar-refractivity contribution in [3.8, 4) is 0 Å². The van der Waals surface area contributed by atoms with Gasteiger partial charge in [0.05, 0.1) is 17.9 Å². The van der Waals surface area contributed by atoms with Gasteiger partial charge < -0.3 is 4.74 Å². The smallest absolute Gasteiger partial charge is 0.200 e. The zero-order valence-electron chi connectivity index (χ0n) is 28.1. The fourth-order valence-electron chi connectivity index (χ4n) is 7.27. The molecule has 0 aliphatic heterocycles. The highest BCUT2D eigenvalue weighted by molar-refractivity contribution is 6.34. The van der Waals surface area contributed by atoms with E-state index in [1.165, 1.54) is 18.3 Å². The summed E-state index contributed by atoms with van der Waals surface area (Å²) in [7, 11) is 1.51. The Labute approximate surface area is 260 Å². The number of allylic oxidation sites excluding steroid dienone is 9. The van der Waals surface area contributed by atoms with E-state index in [0.29, 0.717) is 31.2 Å². The SMILES string of the molecule is C=C(C)C(CC=C(C)C)C[C@@]12C[C@@H](CC=C(C)C)C(C)(C)[C@](CC=C(C)C)(C1=O)C(OC)=C(C(=O)c1ccccc1)C2=O. The van der Waals surface area contributed by atoms with E-state index in [0.717, 1.165) is 17.6 Å². The Bertz CT molecular complexity index is 1390. The maximum Gasteiger partial charge on any atom is 0.200 e. The predicted molar refractivity (Wildman–Crippen MR) is 177 cm³/mol. The zero-order valence-corrected chi connectivity index (χ0v) is 28.1. The number of carbonyl (C=O) groups excluding carboxylic acids is 3. The highest BCUT2D eigenvalue weighted by Crippen LogP contribution is 2.68. The van der Waals surface area contributed by atoms with E-state index in [4.69, 9.17) is 4.74 Å². The summed E-state index contributed by atoms with van der Waals surface area (Å²) < 4.78 is 6.14. The highest BCUT2D eigenvalue weighted by Gasteiger charge is 2.72. The van der Waals surface area contributed by atoms with Crippen LogP contribution in [-0.4, -0.2) is 24.5 Å². The molecule has 2 aliphatic rings. The van der Waals surface area contributed by atoms with Crippen molar-refractivity contribution in [1.29, 1.82) is 0 Å². The molecule has 1 aromatic rings. The van der Waals surface area contributed by atoms with Gasteiger partial charge in [0.25, 0.3) is 0 Å². The van der Waals surface area contributed by atoms with Crippen LogP contribution in [-0.2, 0) is 14.3 Å². The molecule has 4 atom stereocenters. The number of hydrogen-bond donors (Lipinski definition) is 0. The van der Waals surface area contributed by atoms with Gasteiger partial charge in [-0.15, -0.1) is 0 Å². The van der Waals surface area contributed by atoms with E-state index in [1.54, 1.807) is 24.3 Å². The van der Waals surface area contributed by atoms with Crippen molar-refractivity contribution in [3.63, 3.8) is 0 Å². The molecule has 0 aromatic heterocycles. The number of ether oxygens (including phenoxy) is 1. The van der Waals surface area contributed by atoms with Crippen LogP contribution < -0.4 is 0 Å². The van der Waals surface area contributed by atoms with E-state index in [2.05, 4.69) is 66.3 Å². The lowest BCUT2D eigenvalue weighted by Crippen LogP contribution is -2.67. The topological polar surface area (TPSA) is 60.4 Å². The summed E-state index contributed by atoms with van der Waals surface area (Å²) in [6.45, 7) is 22.8. The van der Waals surface area contributed by atoms with Crippen LogP contribution in [0.25, 0.3) is 0 Å². The van der Waals surface area contributed by atoms with E-state index in [9.17, 15) is 4.79 Å². The quantitative estimate of drug-likeness (QED) is 0.106. The molecule has 0 amide bonds. The first-order chi connectivity index (χ1) is 20.1. The summed E-state index contributed by atoms with van der Waals surface area (Å²) in [6, 6.07) is 8.89. The van der Waals surface area contributed by atoms with Crippen LogP contribution in [0.2, 0.25) is 0 Å². The number of carbonyl (C=O) groups is 3. The lowest BCUT2D eigenvalue weighted by Gasteiger charge is -2.61. The summed E-state index contributed by atoms with van der Waals surface area (Å²) in [5.74, 6) is -0.736. The third-order valence-corrected chi connectivity index (χ3v) is 10.0. The first-order valence-corrected chi connectivity index (χ1v) is 15.6. The lowest BCUT2D eigenvalue weighted by atomic mass is 9.39. The molecule has 2 aliphatic carbocycles. The third-order valence-electron chi connectivity index (χ3n) is 10.0. The Balaban J connectivity index is 2.48. The standard InChI is InChI=1S/C39H52O4/c1-25(2)17-19-30(28(7)8)23-38-24-31(20-18-26(3)4)37(9,10)39(36(38)42,22-21-27(5)6)35(43-11)32(34(38)41)33(40)29-15-13-12-14-16-29/h12-18,21,30-31H,7,19-20,22-24H2,1-6,8-11H3/t30?,31-,38+,39+/m1/s1. The van der Waals surface area contributed by atoms with Gasteiger partial charge in [0, 0.05) is 5.56 Å². The van der Waals surface area contributed by atoms with Crippen molar-refractivity contribution in [3.05, 3.63) is 94.3 Å². The van der Waals surface area contributed by atoms with E-state index < -0.39 is 22.0 Å². The van der Waals surface area contributed by atoms with Gasteiger partial charge in [0.1, 0.15) is 11.3 Å². The second-order valence-electron chi connectivity index (χ2n) is 14.1. The summed E-state index contributed by atoms with van der Waals surface area (Å²) in [5, 5.41) is 0. The van der Waals surface area contributed by atoms with Crippen molar-refractivity contribution in [1.82, 2.24) is 0 Å². The number of fused-ring (bicyclic) bond motifs is 2. The van der Waals surface area contributed by atoms with Crippen molar-refractivity contribution >= 4 is 17.3 Å². The van der Waals surface area contributed by atoms with Gasteiger partial charge in [0.2, 0.25) is 0 Å². The fraction of sp³-hybridized carbons (Fsp3) is 0.513. The normalized spacial score (nSPS) is 25.0. The Hall–Kier alpha value is -3.27. The molecule has 43 heavy (non-hydrogen) atoms. The van der Waals surface area contributed by atoms with Crippen molar-refractivity contribution in [2.24, 2.45) is 28.1 Å². The minimum atomic E-state index is -1.37. The maximum absolute atomic E-state index is 15.4. The van der Waals surface area contributed by atoms with Crippen LogP contribution in [0.3, 0.4) is 0 Å². The van der Waals surface area contributed by atoms with E-state index >= 15 is 9.59 Å². The number of methoxy groups -OCH3 is 1. The van der Waals surface area contributed by atoms with Crippen LogP contribution >= 0.6 is 0 Å². The summed E-state index contributed by atoms with van der Waals surface area (Å²) >= 11 is 0. The van der Waals surface area contributed by atoms with Gasteiger partial charge in [0.15, 0.2) is 17.3 Å². The Kier molecular flexibility index (Phi) is 10.5. The van der Waals surface area contributed by atoms with Crippen LogP contribution in [0.1, 0.15) is 105 Å². The number of rotatable bonds is 12. The second-order valence-corrected chi connectivity index (χ2v) is 14.1. The largest absolute Gasteiger partial charge is 0.499 e. The first kappa shape index (κ1) is 34.2. The van der Waals surface area contributed by atoms with E-state index in [1.807, 2.05) is 26.8 Å². The number of benzene rings is 1. The maximum atomic E-state index is 15.4. The minimum absolute atomic E-state index is 0.00219. The molecule has 0 radical (unpaired) electrons. The van der Waals surface area contributed by atoms with Crippen molar-refractivity contribution < 1.29 is 19.1 Å². The van der Waals surface area contributed by atoms with Crippen LogP contribution in [0, 0.1) is 28.1 Å². The lowest BCUT2D eigenvalue weighted by molar-refractivity contribution is -0.171. The monoisotopic (exact) mass is 584 g/mol. The molecule has 1 fully saturated rings. The summed E-state index contributed by atoms with van der Waals surface area (Å²) in [4.78, 5) is 44.8. The van der Waals surface area contributed by atoms with Gasteiger partial charge in [-0.25, -0.2) is 0 Å². The molecular weight excluding hydrogens is 532 g/mol. The predicted octanol–water partition coefficient (Wildman–Crippen LogP) is 9.59. The minimum Gasteiger partial charge on any atom is -0.499 e. The highest BCUT2D eigenvalue weighted by atomic mass is 16.5. The van der Waals surface area contributed by atoms with Crippen LogP contribution in [0.5, 0.6) is 0 Å². The van der Waals surface area contributed by atoms with Crippen molar-refractivity contribution in [2.45, 2.75) is 94.4 Å². The first-order valence-electron chi connectivity index (χ1n) is 15.6. The van der Waals surface area contributed by atoms with E-state index in [-0.39, 0.29) is 34.7 Å². The Morgan fingerprint density at radius 3 is 2.05 bits per heavy atom. The average molecular weight is 585 g/mol. The van der Waals surface area contributed by atoms with Gasteiger partial charge in [-0.2, -0.15) is 0 Å². The van der Waals surface area contributed by atoms with Gasteiger partial charge in [-0.3, -0.25) is 14.4 Å². The third kappa shape index (κ3) is 6.21. The molecule has 1 aromatic carbocycles. The molecule has 3 rings (SSSR count). The molecule has 1 unspecified atom stereocenters. The van der Waals surface area contributed by atoms with Gasteiger partial charge >= 0.3 is 0 Å². The number of ketones is 3. The summed E-state index contributed by atoms with van der Waals surface area (Å²) in [5.41, 5.74) is 1.66. The molecule has 1 saturated carbocycles. The number of Topliss-reactive ketones (excluding diaryl/α,β-unsaturated/α-hetero) is 3. The van der Waals surface area contributed by atoms with Gasteiger partial charge in [-0.05, 0) is 97.8 Å². The van der Waals surface area contributed by atoms with Crippen molar-refractivity contribution in [2.75, 3.05) is 7.11 Å². The van der Waals surface area contributed by atoms with Gasteiger partial charge in [-0.1, -0.05) is 91.3 Å². The molecule has 0 spiro atoms. The molecule has 0 heterocycles. The molecule has 4 nitrogen and oxygen atoms in total. The Morgan fingerprint density at radius 1 is 0.953 bits per heavy atom. The molecule has 2 bridgehead atoms. The number of hydrogen-bond acceptors (Lipinski definition) is 4. The molecule has 4 heteroatoms. The zero-order chi connectivity index (χ0) is 32.3. The van der Waals surface area contributed by atoms with Crippen LogP contribution in [0.4, 0.5) is 0 Å². The van der Waals surface area contributed by atoms with Crippen LogP contribution in [0.15, 0.2) is 88.8 Å². The fourth-order valence-corrected chi connectivity index (χ4v) is 7.27. The molecule has 0 N–H and O–H groups in total.